The molecule has 0 heterocycles. The lowest BCUT2D eigenvalue weighted by Gasteiger charge is -2.32. The van der Waals surface area contributed by atoms with Crippen molar-refractivity contribution in [3.8, 4) is 0 Å². The molecule has 126 valence electrons. The molecule has 0 spiro atoms. The van der Waals surface area contributed by atoms with E-state index in [9.17, 15) is 9.90 Å². The minimum absolute atomic E-state index is 0.340. The summed E-state index contributed by atoms with van der Waals surface area (Å²) < 4.78 is 0. The van der Waals surface area contributed by atoms with E-state index in [-0.39, 0.29) is 5.12 Å². The molecule has 0 bridgehead atoms. The minimum atomic E-state index is -1.23. The third-order valence-corrected chi connectivity index (χ3v) is 5.15. The van der Waals surface area contributed by atoms with Crippen LogP contribution in [0.1, 0.15) is 91.9 Å². The summed E-state index contributed by atoms with van der Waals surface area (Å²) in [5.74, 6) is 0.851. The maximum Gasteiger partial charge on any atom is 0.217 e. The van der Waals surface area contributed by atoms with E-state index in [1.165, 1.54) is 12.8 Å². The topological polar surface area (TPSA) is 37.3 Å². The van der Waals surface area contributed by atoms with E-state index in [1.807, 2.05) is 0 Å². The van der Waals surface area contributed by atoms with E-state index in [0.717, 1.165) is 38.5 Å². The highest BCUT2D eigenvalue weighted by Crippen LogP contribution is 2.33. The predicted octanol–water partition coefficient (Wildman–Crippen LogP) is 5.39. The van der Waals surface area contributed by atoms with Gasteiger partial charge in [0.15, 0.2) is 0 Å². The van der Waals surface area contributed by atoms with Crippen LogP contribution in [0.5, 0.6) is 0 Å². The average molecular weight is 317 g/mol. The number of thiol groups is 1. The molecule has 0 aromatic rings. The number of aliphatic hydroxyl groups is 1. The number of carbonyl (C=O) groups is 1. The Hall–Kier alpha value is -0.0200. The number of rotatable bonds is 13. The molecular weight excluding hydrogens is 280 g/mol. The summed E-state index contributed by atoms with van der Waals surface area (Å²) in [6.45, 7) is 8.66. The summed E-state index contributed by atoms with van der Waals surface area (Å²) in [4.78, 5) is 11.9. The van der Waals surface area contributed by atoms with Crippen molar-refractivity contribution >= 4 is 17.7 Å². The summed E-state index contributed by atoms with van der Waals surface area (Å²) >= 11 is 4.00. The highest BCUT2D eigenvalue weighted by Gasteiger charge is 2.37. The fraction of sp³-hybridized carbons (Fsp3) is 0.944. The first-order valence-corrected chi connectivity index (χ1v) is 9.33. The third-order valence-electron chi connectivity index (χ3n) is 4.74. The van der Waals surface area contributed by atoms with Gasteiger partial charge >= 0.3 is 0 Å². The Morgan fingerprint density at radius 1 is 0.952 bits per heavy atom. The van der Waals surface area contributed by atoms with Gasteiger partial charge in [0.25, 0.3) is 0 Å². The zero-order valence-corrected chi connectivity index (χ0v) is 15.4. The van der Waals surface area contributed by atoms with E-state index in [0.29, 0.717) is 24.7 Å². The van der Waals surface area contributed by atoms with Crippen LogP contribution in [0.15, 0.2) is 0 Å². The summed E-state index contributed by atoms with van der Waals surface area (Å²) in [5.41, 5.74) is -1.23. The smallest absolute Gasteiger partial charge is 0.217 e. The van der Waals surface area contributed by atoms with E-state index in [1.54, 1.807) is 0 Å². The van der Waals surface area contributed by atoms with Crippen molar-refractivity contribution in [2.75, 3.05) is 0 Å². The Balaban J connectivity index is 4.75. The Labute approximate surface area is 137 Å². The quantitative estimate of drug-likeness (QED) is 0.447. The summed E-state index contributed by atoms with van der Waals surface area (Å²) in [6, 6.07) is 0. The van der Waals surface area contributed by atoms with Gasteiger partial charge in [-0.25, -0.2) is 0 Å². The van der Waals surface area contributed by atoms with Crippen molar-refractivity contribution in [1.82, 2.24) is 0 Å². The van der Waals surface area contributed by atoms with Crippen LogP contribution < -0.4 is 0 Å². The van der Waals surface area contributed by atoms with Crippen LogP contribution in [-0.2, 0) is 4.79 Å². The van der Waals surface area contributed by atoms with Gasteiger partial charge in [0, 0.05) is 0 Å². The Morgan fingerprint density at radius 3 is 1.57 bits per heavy atom. The van der Waals surface area contributed by atoms with Crippen molar-refractivity contribution < 1.29 is 9.90 Å². The molecular formula is C18H36O2S. The van der Waals surface area contributed by atoms with E-state index in [4.69, 9.17) is 0 Å². The van der Waals surface area contributed by atoms with Crippen LogP contribution in [0.4, 0.5) is 0 Å². The molecule has 0 aliphatic carbocycles. The van der Waals surface area contributed by atoms with Crippen molar-refractivity contribution in [3.05, 3.63) is 0 Å². The molecule has 2 nitrogen and oxygen atoms in total. The van der Waals surface area contributed by atoms with Gasteiger partial charge in [0.1, 0.15) is 5.60 Å². The molecule has 0 saturated heterocycles. The fourth-order valence-electron chi connectivity index (χ4n) is 3.10. The van der Waals surface area contributed by atoms with Gasteiger partial charge in [-0.2, -0.15) is 0 Å². The summed E-state index contributed by atoms with van der Waals surface area (Å²) in [5, 5.41) is 10.5. The van der Waals surface area contributed by atoms with Gasteiger partial charge in [-0.3, -0.25) is 4.79 Å². The molecule has 0 aliphatic heterocycles. The number of unbranched alkanes of at least 4 members (excludes halogenated alkanes) is 2. The number of hydrogen-bond acceptors (Lipinski definition) is 2. The molecule has 1 N–H and O–H groups in total. The molecule has 0 rings (SSSR count). The molecule has 0 aromatic heterocycles. The molecule has 0 amide bonds. The molecule has 2 unspecified atom stereocenters. The first-order valence-electron chi connectivity index (χ1n) is 8.89. The maximum absolute atomic E-state index is 11.9. The Kier molecular flexibility index (Phi) is 11.5. The second-order valence-corrected chi connectivity index (χ2v) is 6.98. The first kappa shape index (κ1) is 21.0. The van der Waals surface area contributed by atoms with Crippen LogP contribution in [-0.4, -0.2) is 15.8 Å². The summed E-state index contributed by atoms with van der Waals surface area (Å²) in [6.07, 6.45) is 10.1. The molecule has 0 fully saturated rings. The van der Waals surface area contributed by atoms with E-state index >= 15 is 0 Å². The van der Waals surface area contributed by atoms with Gasteiger partial charge in [0.05, 0.1) is 0 Å². The van der Waals surface area contributed by atoms with Gasteiger partial charge in [0.2, 0.25) is 5.12 Å². The first-order chi connectivity index (χ1) is 9.93. The van der Waals surface area contributed by atoms with Crippen LogP contribution in [0.25, 0.3) is 0 Å². The number of hydrogen-bond donors (Lipinski definition) is 2. The van der Waals surface area contributed by atoms with Crippen molar-refractivity contribution in [3.63, 3.8) is 0 Å². The average Bonchev–Trinajstić information content (AvgIpc) is 2.47. The highest BCUT2D eigenvalue weighted by molar-refractivity contribution is 7.96. The molecule has 2 atom stereocenters. The van der Waals surface area contributed by atoms with Gasteiger partial charge in [-0.15, -0.1) is 12.6 Å². The van der Waals surface area contributed by atoms with Crippen LogP contribution >= 0.6 is 12.6 Å². The van der Waals surface area contributed by atoms with Crippen LogP contribution in [0, 0.1) is 11.8 Å². The van der Waals surface area contributed by atoms with Gasteiger partial charge in [-0.05, 0) is 24.7 Å². The zero-order valence-electron chi connectivity index (χ0n) is 14.5. The molecule has 0 aromatic carbocycles. The monoisotopic (exact) mass is 316 g/mol. The Morgan fingerprint density at radius 2 is 1.33 bits per heavy atom. The fourth-order valence-corrected chi connectivity index (χ4v) is 3.28. The third kappa shape index (κ3) is 8.25. The SMILES string of the molecule is CCCCC(CC)CC(O)(CC(CC)CCCC)C(=O)S. The largest absolute Gasteiger partial charge is 0.381 e. The molecule has 3 heteroatoms. The predicted molar refractivity (Wildman–Crippen MR) is 94.8 cm³/mol. The lowest BCUT2D eigenvalue weighted by molar-refractivity contribution is -0.131. The van der Waals surface area contributed by atoms with Crippen molar-refractivity contribution in [2.24, 2.45) is 11.8 Å². The van der Waals surface area contributed by atoms with Gasteiger partial charge in [-0.1, -0.05) is 79.1 Å². The lowest BCUT2D eigenvalue weighted by Crippen LogP contribution is -2.40. The van der Waals surface area contributed by atoms with Gasteiger partial charge < -0.3 is 5.11 Å². The van der Waals surface area contributed by atoms with Crippen LogP contribution in [0.3, 0.4) is 0 Å². The lowest BCUT2D eigenvalue weighted by atomic mass is 9.79. The standard InChI is InChI=1S/C18H36O2S/c1-5-9-11-15(7-3)13-18(20,17(19)21)14-16(8-4)12-10-6-2/h15-16,20H,5-14H2,1-4H3,(H,19,21). The second-order valence-electron chi connectivity index (χ2n) is 6.58. The van der Waals surface area contributed by atoms with Crippen molar-refractivity contribution in [2.45, 2.75) is 97.5 Å². The minimum Gasteiger partial charge on any atom is -0.381 e. The Bertz CT molecular complexity index is 260. The van der Waals surface area contributed by atoms with E-state index < -0.39 is 5.60 Å². The van der Waals surface area contributed by atoms with E-state index in [2.05, 4.69) is 40.3 Å². The maximum atomic E-state index is 11.9. The molecule has 0 saturated carbocycles. The highest BCUT2D eigenvalue weighted by atomic mass is 32.1. The number of carbonyl (C=O) groups excluding carboxylic acids is 1. The second kappa shape index (κ2) is 11.5. The zero-order chi connectivity index (χ0) is 16.3. The normalized spacial score (nSPS) is 17.2. The molecule has 0 aliphatic rings. The molecule has 21 heavy (non-hydrogen) atoms. The molecule has 0 radical (unpaired) electrons. The summed E-state index contributed by atoms with van der Waals surface area (Å²) in [7, 11) is 0. The van der Waals surface area contributed by atoms with Crippen molar-refractivity contribution in [1.29, 1.82) is 0 Å². The van der Waals surface area contributed by atoms with Crippen LogP contribution in [0.2, 0.25) is 0 Å².